The van der Waals surface area contributed by atoms with Crippen LogP contribution in [0.4, 0.5) is 13.2 Å². The standard InChI is InChI=1S/C55H70F3N5O7S/c1-33-24-42-41-15-11-10-14-38(41)25-43(42)49(63(33)31-55(7,8)58)48-44(56)27-40(28-45(48)57)70-23-22-68-20-12-9-13-21-69-30-47(65)61-51(54(4,5)6)53(67)62-29-39(64)26-46(62)52(66)60-34(2)36-16-18-37(19-17-36)50-35(3)59-32-71-50/h10-11,14-19,27-28,32-34,39,46,49,51,64H,9,12-13,20-26,29-31H2,1-8H3,(H,60,66)(H,61,65)/t33-,34+,39-,46+,49+,51-/m1/s1. The molecule has 3 aliphatic rings. The molecule has 0 radical (unpaired) electrons. The summed E-state index contributed by atoms with van der Waals surface area (Å²) in [5.41, 5.74) is 6.51. The number of aromatic nitrogens is 1. The minimum atomic E-state index is -1.58. The van der Waals surface area contributed by atoms with Crippen LogP contribution in [-0.4, -0.2) is 114 Å². The van der Waals surface area contributed by atoms with Gasteiger partial charge in [-0.15, -0.1) is 11.3 Å². The van der Waals surface area contributed by atoms with Gasteiger partial charge < -0.3 is 34.9 Å². The van der Waals surface area contributed by atoms with Gasteiger partial charge in [-0.25, -0.2) is 18.2 Å². The number of rotatable bonds is 21. The summed E-state index contributed by atoms with van der Waals surface area (Å²) in [5.74, 6) is -2.74. The number of halogens is 3. The zero-order chi connectivity index (χ0) is 51.2. The molecule has 71 heavy (non-hydrogen) atoms. The summed E-state index contributed by atoms with van der Waals surface area (Å²) in [6.45, 7) is 15.0. The number of unbranched alkanes of at least 4 members (excludes halogenated alkanes) is 2. The summed E-state index contributed by atoms with van der Waals surface area (Å²) in [4.78, 5) is 49.5. The van der Waals surface area contributed by atoms with Gasteiger partial charge in [-0.05, 0) is 106 Å². The second kappa shape index (κ2) is 23.2. The molecule has 0 saturated carbocycles. The molecule has 1 aliphatic carbocycles. The first kappa shape index (κ1) is 53.7. The zero-order valence-electron chi connectivity index (χ0n) is 42.3. The van der Waals surface area contributed by atoms with Crippen LogP contribution in [0.2, 0.25) is 0 Å². The van der Waals surface area contributed by atoms with Crippen molar-refractivity contribution in [2.75, 3.05) is 46.1 Å². The predicted molar refractivity (Wildman–Crippen MR) is 269 cm³/mol. The maximum absolute atomic E-state index is 16.1. The molecular formula is C55H70F3N5O7S. The minimum absolute atomic E-state index is 0.0246. The Morgan fingerprint density at radius 2 is 1.62 bits per heavy atom. The fourth-order valence-corrected chi connectivity index (χ4v) is 10.9. The summed E-state index contributed by atoms with van der Waals surface area (Å²) in [6, 6.07) is 15.2. The van der Waals surface area contributed by atoms with Crippen LogP contribution < -0.4 is 15.4 Å². The number of alkyl halides is 1. The molecule has 4 aromatic rings. The van der Waals surface area contributed by atoms with E-state index in [0.29, 0.717) is 38.9 Å². The molecule has 1 fully saturated rings. The van der Waals surface area contributed by atoms with Crippen molar-refractivity contribution in [1.82, 2.24) is 25.4 Å². The lowest BCUT2D eigenvalue weighted by atomic mass is 9.84. The van der Waals surface area contributed by atoms with Gasteiger partial charge in [-0.3, -0.25) is 19.3 Å². The Morgan fingerprint density at radius 1 is 0.930 bits per heavy atom. The number of hydrogen-bond acceptors (Lipinski definition) is 10. The molecule has 12 nitrogen and oxygen atoms in total. The fraction of sp³-hybridized carbons (Fsp3) is 0.527. The first-order valence-electron chi connectivity index (χ1n) is 24.8. The summed E-state index contributed by atoms with van der Waals surface area (Å²) in [6.07, 6.45) is 2.52. The van der Waals surface area contributed by atoms with E-state index in [-0.39, 0.29) is 68.6 Å². The zero-order valence-corrected chi connectivity index (χ0v) is 43.1. The lowest BCUT2D eigenvalue weighted by molar-refractivity contribution is -0.144. The molecule has 3 amide bonds. The van der Waals surface area contributed by atoms with Crippen molar-refractivity contribution in [1.29, 1.82) is 0 Å². The Balaban J connectivity index is 0.812. The minimum Gasteiger partial charge on any atom is -0.491 e. The van der Waals surface area contributed by atoms with Crippen molar-refractivity contribution in [3.8, 4) is 16.2 Å². The van der Waals surface area contributed by atoms with Crippen LogP contribution in [0.3, 0.4) is 0 Å². The third-order valence-electron chi connectivity index (χ3n) is 13.6. The number of carbonyl (C=O) groups is 3. The number of benzene rings is 3. The van der Waals surface area contributed by atoms with Crippen LogP contribution in [-0.2, 0) is 30.3 Å². The maximum atomic E-state index is 16.1. The summed E-state index contributed by atoms with van der Waals surface area (Å²) in [5, 5.41) is 16.5. The van der Waals surface area contributed by atoms with Gasteiger partial charge in [0.05, 0.1) is 40.9 Å². The number of aliphatic hydroxyl groups excluding tert-OH is 1. The van der Waals surface area contributed by atoms with Crippen LogP contribution >= 0.6 is 11.3 Å². The van der Waals surface area contributed by atoms with Gasteiger partial charge in [0.25, 0.3) is 0 Å². The molecule has 0 unspecified atom stereocenters. The molecule has 0 spiro atoms. The molecule has 0 bridgehead atoms. The molecule has 7 rings (SSSR count). The molecule has 6 atom stereocenters. The SMILES string of the molecule is Cc1ncsc1-c1ccc([C@H](C)NC(=O)[C@@H]2C[C@@H](O)CN2C(=O)[C@@H](NC(=O)COCCCCCOCCOc2cc(F)c([C@@H]3C4=C(C[C@@H](C)N3CC(C)(C)F)c3ccccc3C4)c(F)c2)C(C)(C)C)cc1. The van der Waals surface area contributed by atoms with E-state index in [4.69, 9.17) is 14.2 Å². The van der Waals surface area contributed by atoms with Crippen molar-refractivity contribution in [2.24, 2.45) is 5.41 Å². The van der Waals surface area contributed by atoms with Crippen LogP contribution in [0.25, 0.3) is 16.0 Å². The Hall–Kier alpha value is -5.13. The normalized spacial score (nSPS) is 20.1. The molecule has 384 valence electrons. The van der Waals surface area contributed by atoms with Crippen LogP contribution in [0.5, 0.6) is 5.75 Å². The fourth-order valence-electron chi connectivity index (χ4n) is 10.0. The number of nitrogens with one attached hydrogen (secondary N) is 2. The van der Waals surface area contributed by atoms with E-state index in [1.54, 1.807) is 11.3 Å². The molecular weight excluding hydrogens is 932 g/mol. The van der Waals surface area contributed by atoms with E-state index < -0.39 is 58.8 Å². The highest BCUT2D eigenvalue weighted by Crippen LogP contribution is 2.50. The first-order valence-corrected chi connectivity index (χ1v) is 25.7. The van der Waals surface area contributed by atoms with Gasteiger partial charge in [-0.1, -0.05) is 69.3 Å². The Morgan fingerprint density at radius 3 is 2.28 bits per heavy atom. The van der Waals surface area contributed by atoms with Crippen molar-refractivity contribution < 1.29 is 46.9 Å². The Kier molecular flexibility index (Phi) is 17.5. The van der Waals surface area contributed by atoms with Crippen LogP contribution in [0.15, 0.2) is 71.7 Å². The number of aliphatic hydroxyl groups is 1. The van der Waals surface area contributed by atoms with Crippen molar-refractivity contribution in [2.45, 2.75) is 136 Å². The number of fused-ring (bicyclic) bond motifs is 2. The van der Waals surface area contributed by atoms with Gasteiger partial charge in [0, 0.05) is 56.5 Å². The third kappa shape index (κ3) is 13.3. The lowest BCUT2D eigenvalue weighted by Gasteiger charge is -2.44. The number of likely N-dealkylation sites (tertiary alicyclic amines) is 1. The Bertz CT molecular complexity index is 2520. The molecule has 16 heteroatoms. The number of thiazole rings is 1. The second-order valence-corrected chi connectivity index (χ2v) is 21.8. The number of hydrogen-bond donors (Lipinski definition) is 3. The predicted octanol–water partition coefficient (Wildman–Crippen LogP) is 9.24. The van der Waals surface area contributed by atoms with E-state index in [0.717, 1.165) is 50.4 Å². The smallest absolute Gasteiger partial charge is 0.246 e. The van der Waals surface area contributed by atoms with E-state index in [9.17, 15) is 19.5 Å². The van der Waals surface area contributed by atoms with Gasteiger partial charge in [0.1, 0.15) is 48.4 Å². The average Bonchev–Trinajstić information content (AvgIpc) is 4.03. The van der Waals surface area contributed by atoms with Gasteiger partial charge >= 0.3 is 0 Å². The van der Waals surface area contributed by atoms with Gasteiger partial charge in [0.15, 0.2) is 0 Å². The van der Waals surface area contributed by atoms with Crippen LogP contribution in [0.1, 0.15) is 121 Å². The number of amides is 3. The topological polar surface area (TPSA) is 143 Å². The van der Waals surface area contributed by atoms with E-state index >= 15 is 13.2 Å². The average molecular weight is 1000 g/mol. The highest BCUT2D eigenvalue weighted by atomic mass is 32.1. The summed E-state index contributed by atoms with van der Waals surface area (Å²) in [7, 11) is 0. The number of ether oxygens (including phenoxy) is 3. The lowest BCUT2D eigenvalue weighted by Crippen LogP contribution is -2.58. The Labute approximate surface area is 420 Å². The maximum Gasteiger partial charge on any atom is 0.246 e. The monoisotopic (exact) mass is 1000 g/mol. The van der Waals surface area contributed by atoms with E-state index in [1.165, 1.54) is 30.9 Å². The van der Waals surface area contributed by atoms with Gasteiger partial charge in [0.2, 0.25) is 17.7 Å². The molecule has 3 heterocycles. The first-order chi connectivity index (χ1) is 33.7. The second-order valence-electron chi connectivity index (χ2n) is 20.9. The van der Waals surface area contributed by atoms with E-state index in [1.807, 2.05) is 100 Å². The van der Waals surface area contributed by atoms with Crippen LogP contribution in [0, 0.1) is 24.0 Å². The van der Waals surface area contributed by atoms with Crippen molar-refractivity contribution in [3.05, 3.63) is 111 Å². The summed E-state index contributed by atoms with van der Waals surface area (Å²) < 4.78 is 64.4. The molecule has 3 aromatic carbocycles. The number of carbonyl (C=O) groups excluding carboxylic acids is 3. The van der Waals surface area contributed by atoms with E-state index in [2.05, 4.69) is 15.6 Å². The van der Waals surface area contributed by atoms with Crippen molar-refractivity contribution in [3.63, 3.8) is 0 Å². The summed E-state index contributed by atoms with van der Waals surface area (Å²) >= 11 is 1.57. The molecule has 3 N–H and O–H groups in total. The number of aryl methyl sites for hydroxylation is 1. The molecule has 2 aliphatic heterocycles. The van der Waals surface area contributed by atoms with Crippen molar-refractivity contribution >= 4 is 34.6 Å². The highest BCUT2D eigenvalue weighted by molar-refractivity contribution is 7.13. The van der Waals surface area contributed by atoms with Gasteiger partial charge in [-0.2, -0.15) is 0 Å². The largest absolute Gasteiger partial charge is 0.491 e. The third-order valence-corrected chi connectivity index (χ3v) is 14.6. The quantitative estimate of drug-likeness (QED) is 0.0697. The highest BCUT2D eigenvalue weighted by Gasteiger charge is 2.46. The molecule has 1 aromatic heterocycles. The number of nitrogens with zero attached hydrogens (tertiary/aromatic N) is 3. The number of β-amino-alcohol motifs (C(OH)–C–C–N with tert-alkyl or cyclic N) is 1. The molecule has 1 saturated heterocycles.